The van der Waals surface area contributed by atoms with Gasteiger partial charge in [-0.2, -0.15) is 0 Å². The van der Waals surface area contributed by atoms with Gasteiger partial charge >= 0.3 is 5.97 Å². The van der Waals surface area contributed by atoms with Gasteiger partial charge in [-0.15, -0.1) is 0 Å². The summed E-state index contributed by atoms with van der Waals surface area (Å²) in [5.74, 6) is -0.504. The summed E-state index contributed by atoms with van der Waals surface area (Å²) in [6, 6.07) is 7.44. The van der Waals surface area contributed by atoms with Gasteiger partial charge < -0.3 is 15.2 Å². The van der Waals surface area contributed by atoms with Gasteiger partial charge in [-0.05, 0) is 38.5 Å². The molecule has 110 valence electrons. The summed E-state index contributed by atoms with van der Waals surface area (Å²) < 4.78 is 5.37. The van der Waals surface area contributed by atoms with Crippen molar-refractivity contribution in [3.05, 3.63) is 29.8 Å². The lowest BCUT2D eigenvalue weighted by molar-refractivity contribution is -0.149. The van der Waals surface area contributed by atoms with E-state index in [-0.39, 0.29) is 12.3 Å². The molecule has 0 aliphatic carbocycles. The molecule has 1 amide bonds. The first-order chi connectivity index (χ1) is 9.35. The molecule has 5 nitrogen and oxygen atoms in total. The Morgan fingerprint density at radius 3 is 2.65 bits per heavy atom. The Hall–Kier alpha value is -2.04. The van der Waals surface area contributed by atoms with E-state index >= 15 is 0 Å². The summed E-state index contributed by atoms with van der Waals surface area (Å²) in [4.78, 5) is 22.7. The fourth-order valence-corrected chi connectivity index (χ4v) is 1.65. The van der Waals surface area contributed by atoms with E-state index < -0.39 is 11.4 Å². The summed E-state index contributed by atoms with van der Waals surface area (Å²) in [7, 11) is 0. The van der Waals surface area contributed by atoms with Crippen LogP contribution in [-0.4, -0.2) is 23.6 Å². The lowest BCUT2D eigenvalue weighted by Gasteiger charge is -2.18. The second-order valence-electron chi connectivity index (χ2n) is 5.22. The zero-order chi connectivity index (χ0) is 15.2. The molecule has 0 aromatic heterocycles. The molecular formula is C15H21NO4. The van der Waals surface area contributed by atoms with Crippen LogP contribution in [-0.2, 0) is 16.1 Å². The van der Waals surface area contributed by atoms with Gasteiger partial charge in [0.05, 0.1) is 12.0 Å². The first-order valence-electron chi connectivity index (χ1n) is 6.57. The fraction of sp³-hybridized carbons (Fsp3) is 0.467. The second-order valence-corrected chi connectivity index (χ2v) is 5.22. The number of rotatable bonds is 7. The Labute approximate surface area is 118 Å². The minimum absolute atomic E-state index is 0.0481. The Balaban J connectivity index is 2.53. The van der Waals surface area contributed by atoms with Gasteiger partial charge in [0, 0.05) is 13.0 Å². The molecule has 2 N–H and O–H groups in total. The molecule has 0 heterocycles. The number of hydrogen-bond acceptors (Lipinski definition) is 3. The van der Waals surface area contributed by atoms with Crippen LogP contribution < -0.4 is 10.1 Å². The molecule has 0 atom stereocenters. The van der Waals surface area contributed by atoms with Crippen molar-refractivity contribution < 1.29 is 19.4 Å². The third kappa shape index (κ3) is 4.91. The highest BCUT2D eigenvalue weighted by Gasteiger charge is 2.29. The highest BCUT2D eigenvalue weighted by atomic mass is 16.5. The molecule has 0 spiro atoms. The molecule has 5 heteroatoms. The summed E-state index contributed by atoms with van der Waals surface area (Å²) in [5.41, 5.74) is -0.144. The highest BCUT2D eigenvalue weighted by Crippen LogP contribution is 2.20. The maximum atomic E-state index is 11.7. The van der Waals surface area contributed by atoms with Crippen LogP contribution in [0, 0.1) is 5.41 Å². The third-order valence-electron chi connectivity index (χ3n) is 2.88. The van der Waals surface area contributed by atoms with Crippen molar-refractivity contribution in [1.82, 2.24) is 5.32 Å². The van der Waals surface area contributed by atoms with Gasteiger partial charge in [0.2, 0.25) is 5.91 Å². The summed E-state index contributed by atoms with van der Waals surface area (Å²) >= 11 is 0. The normalized spacial score (nSPS) is 10.9. The van der Waals surface area contributed by atoms with Crippen molar-refractivity contribution >= 4 is 11.9 Å². The fourth-order valence-electron chi connectivity index (χ4n) is 1.65. The lowest BCUT2D eigenvalue weighted by Crippen LogP contribution is -2.33. The Morgan fingerprint density at radius 2 is 2.05 bits per heavy atom. The van der Waals surface area contributed by atoms with Crippen molar-refractivity contribution in [2.24, 2.45) is 5.41 Å². The van der Waals surface area contributed by atoms with E-state index in [1.54, 1.807) is 0 Å². The average Bonchev–Trinajstić information content (AvgIpc) is 2.36. The Bertz CT molecular complexity index is 483. The standard InChI is InChI=1S/C15H21NO4/c1-4-20-12-7-5-6-11(8-12)10-16-13(17)9-15(2,3)14(18)19/h5-8H,4,9-10H2,1-3H3,(H,16,17)(H,18,19). The molecule has 0 unspecified atom stereocenters. The van der Waals surface area contributed by atoms with E-state index in [0.717, 1.165) is 11.3 Å². The number of aliphatic carboxylic acids is 1. The molecule has 0 fully saturated rings. The molecule has 0 aliphatic heterocycles. The van der Waals surface area contributed by atoms with Crippen molar-refractivity contribution in [3.63, 3.8) is 0 Å². The van der Waals surface area contributed by atoms with Crippen molar-refractivity contribution in [2.45, 2.75) is 33.7 Å². The van der Waals surface area contributed by atoms with Gasteiger partial charge in [-0.3, -0.25) is 9.59 Å². The topological polar surface area (TPSA) is 75.6 Å². The van der Waals surface area contributed by atoms with Crippen LogP contribution in [0.25, 0.3) is 0 Å². The largest absolute Gasteiger partial charge is 0.494 e. The van der Waals surface area contributed by atoms with Gasteiger partial charge in [0.1, 0.15) is 5.75 Å². The first kappa shape index (κ1) is 16.0. The Morgan fingerprint density at radius 1 is 1.35 bits per heavy atom. The van der Waals surface area contributed by atoms with Crippen LogP contribution in [0.3, 0.4) is 0 Å². The van der Waals surface area contributed by atoms with E-state index in [4.69, 9.17) is 9.84 Å². The molecular weight excluding hydrogens is 258 g/mol. The number of carboxylic acids is 1. The number of nitrogens with one attached hydrogen (secondary N) is 1. The molecule has 0 bridgehead atoms. The quantitative estimate of drug-likeness (QED) is 0.802. The molecule has 0 radical (unpaired) electrons. The number of hydrogen-bond donors (Lipinski definition) is 2. The predicted molar refractivity (Wildman–Crippen MR) is 75.5 cm³/mol. The SMILES string of the molecule is CCOc1cccc(CNC(=O)CC(C)(C)C(=O)O)c1. The van der Waals surface area contributed by atoms with Crippen LogP contribution >= 0.6 is 0 Å². The summed E-state index contributed by atoms with van der Waals surface area (Å²) in [5, 5.41) is 11.7. The minimum atomic E-state index is -1.06. The first-order valence-corrected chi connectivity index (χ1v) is 6.57. The number of carbonyl (C=O) groups excluding carboxylic acids is 1. The maximum Gasteiger partial charge on any atom is 0.309 e. The van der Waals surface area contributed by atoms with E-state index in [2.05, 4.69) is 5.32 Å². The number of ether oxygens (including phenoxy) is 1. The Kier molecular flexibility index (Phi) is 5.55. The zero-order valence-electron chi connectivity index (χ0n) is 12.1. The van der Waals surface area contributed by atoms with E-state index in [0.29, 0.717) is 13.2 Å². The summed E-state index contributed by atoms with van der Waals surface area (Å²) in [6.45, 7) is 5.91. The van der Waals surface area contributed by atoms with Crippen molar-refractivity contribution in [2.75, 3.05) is 6.61 Å². The highest BCUT2D eigenvalue weighted by molar-refractivity contribution is 5.84. The van der Waals surface area contributed by atoms with Crippen LogP contribution in [0.15, 0.2) is 24.3 Å². The molecule has 0 aliphatic rings. The molecule has 1 aromatic rings. The van der Waals surface area contributed by atoms with E-state index in [9.17, 15) is 9.59 Å². The zero-order valence-corrected chi connectivity index (χ0v) is 12.1. The molecule has 1 aromatic carbocycles. The maximum absolute atomic E-state index is 11.7. The average molecular weight is 279 g/mol. The molecule has 0 saturated carbocycles. The smallest absolute Gasteiger partial charge is 0.309 e. The number of carbonyl (C=O) groups is 2. The van der Waals surface area contributed by atoms with Gasteiger partial charge in [-0.25, -0.2) is 0 Å². The predicted octanol–water partition coefficient (Wildman–Crippen LogP) is 2.20. The van der Waals surface area contributed by atoms with Crippen LogP contribution in [0.5, 0.6) is 5.75 Å². The van der Waals surface area contributed by atoms with Crippen LogP contribution in [0.2, 0.25) is 0 Å². The van der Waals surface area contributed by atoms with E-state index in [1.807, 2.05) is 31.2 Å². The third-order valence-corrected chi connectivity index (χ3v) is 2.88. The number of benzene rings is 1. The van der Waals surface area contributed by atoms with Crippen LogP contribution in [0.1, 0.15) is 32.8 Å². The van der Waals surface area contributed by atoms with Crippen LogP contribution in [0.4, 0.5) is 0 Å². The monoisotopic (exact) mass is 279 g/mol. The number of amides is 1. The van der Waals surface area contributed by atoms with Gasteiger partial charge in [0.25, 0.3) is 0 Å². The molecule has 20 heavy (non-hydrogen) atoms. The van der Waals surface area contributed by atoms with Gasteiger partial charge in [-0.1, -0.05) is 12.1 Å². The summed E-state index contributed by atoms with van der Waals surface area (Å²) in [6.07, 6.45) is -0.0481. The molecule has 1 rings (SSSR count). The number of carboxylic acid groups (broad SMARTS) is 1. The van der Waals surface area contributed by atoms with Crippen molar-refractivity contribution in [3.8, 4) is 5.75 Å². The lowest BCUT2D eigenvalue weighted by atomic mass is 9.89. The molecule has 0 saturated heterocycles. The van der Waals surface area contributed by atoms with Gasteiger partial charge in [0.15, 0.2) is 0 Å². The van der Waals surface area contributed by atoms with Crippen molar-refractivity contribution in [1.29, 1.82) is 0 Å². The van der Waals surface area contributed by atoms with E-state index in [1.165, 1.54) is 13.8 Å². The minimum Gasteiger partial charge on any atom is -0.494 e. The second kappa shape index (κ2) is 6.93.